The lowest BCUT2D eigenvalue weighted by molar-refractivity contribution is -0.137. The molecule has 6 nitrogen and oxygen atoms in total. The average Bonchev–Trinajstić information content (AvgIpc) is 2.66. The Morgan fingerprint density at radius 3 is 2.23 bits per heavy atom. The molecule has 0 fully saturated rings. The molecule has 0 heterocycles. The number of carbonyl (C=O) groups excluding carboxylic acids is 3. The van der Waals surface area contributed by atoms with Crippen LogP contribution >= 0.6 is 11.8 Å². The second-order valence-corrected chi connectivity index (χ2v) is 7.38. The molecule has 3 amide bonds. The van der Waals surface area contributed by atoms with E-state index in [1.54, 1.807) is 24.3 Å². The Kier molecular flexibility index (Phi) is 7.87. The van der Waals surface area contributed by atoms with Gasteiger partial charge in [0.25, 0.3) is 0 Å². The molecule has 10 heteroatoms. The molecule has 0 spiro atoms. The van der Waals surface area contributed by atoms with Gasteiger partial charge in [0.05, 0.1) is 23.5 Å². The fraction of sp³-hybridized carbons (Fsp3) is 0.250. The van der Waals surface area contributed by atoms with Crippen LogP contribution < -0.4 is 10.6 Å². The van der Waals surface area contributed by atoms with Crippen LogP contribution in [0.4, 0.5) is 24.5 Å². The van der Waals surface area contributed by atoms with E-state index >= 15 is 0 Å². The van der Waals surface area contributed by atoms with E-state index < -0.39 is 17.6 Å². The number of para-hydroxylation sites is 1. The second-order valence-electron chi connectivity index (χ2n) is 6.34. The zero-order valence-electron chi connectivity index (χ0n) is 16.2. The van der Waals surface area contributed by atoms with Gasteiger partial charge in [-0.2, -0.15) is 13.2 Å². The first-order chi connectivity index (χ1) is 14.1. The molecule has 0 aliphatic rings. The minimum atomic E-state index is -4.60. The molecule has 0 aliphatic heterocycles. The van der Waals surface area contributed by atoms with Crippen LogP contribution in [0.3, 0.4) is 0 Å². The van der Waals surface area contributed by atoms with E-state index in [0.29, 0.717) is 5.69 Å². The maximum Gasteiger partial charge on any atom is 0.418 e. The number of benzene rings is 2. The maximum absolute atomic E-state index is 13.0. The van der Waals surface area contributed by atoms with Crippen molar-refractivity contribution in [3.63, 3.8) is 0 Å². The average molecular weight is 439 g/mol. The number of carbonyl (C=O) groups is 3. The summed E-state index contributed by atoms with van der Waals surface area (Å²) in [6.07, 6.45) is -4.60. The van der Waals surface area contributed by atoms with Crippen molar-refractivity contribution < 1.29 is 27.6 Å². The minimum Gasteiger partial charge on any atom is -0.336 e. The first kappa shape index (κ1) is 23.3. The highest BCUT2D eigenvalue weighted by molar-refractivity contribution is 8.00. The third kappa shape index (κ3) is 7.11. The van der Waals surface area contributed by atoms with E-state index in [1.165, 1.54) is 37.9 Å². The molecular formula is C20H20F3N3O3S. The van der Waals surface area contributed by atoms with Gasteiger partial charge in [0.2, 0.25) is 17.7 Å². The van der Waals surface area contributed by atoms with E-state index in [9.17, 15) is 27.6 Å². The molecular weight excluding hydrogens is 419 g/mol. The summed E-state index contributed by atoms with van der Waals surface area (Å²) in [6.45, 7) is 1.02. The summed E-state index contributed by atoms with van der Waals surface area (Å²) in [6, 6.07) is 11.5. The van der Waals surface area contributed by atoms with Gasteiger partial charge in [0, 0.05) is 24.6 Å². The van der Waals surface area contributed by atoms with Crippen molar-refractivity contribution in [2.24, 2.45) is 0 Å². The standard InChI is InChI=1S/C20H20F3N3O3S/c1-13(27)24-14-7-9-15(10-8-14)30-12-19(29)26(2)11-18(28)25-17-6-4-3-5-16(17)20(21,22)23/h3-10H,11-12H2,1-2H3,(H,24,27)(H,25,28). The van der Waals surface area contributed by atoms with Crippen molar-refractivity contribution >= 4 is 40.9 Å². The summed E-state index contributed by atoms with van der Waals surface area (Å²) >= 11 is 1.24. The van der Waals surface area contributed by atoms with Crippen molar-refractivity contribution in [1.29, 1.82) is 0 Å². The van der Waals surface area contributed by atoms with Crippen molar-refractivity contribution in [3.8, 4) is 0 Å². The maximum atomic E-state index is 13.0. The number of halogens is 3. The number of nitrogens with one attached hydrogen (secondary N) is 2. The first-order valence-corrected chi connectivity index (χ1v) is 9.75. The zero-order valence-corrected chi connectivity index (χ0v) is 17.1. The Morgan fingerprint density at radius 1 is 1.00 bits per heavy atom. The summed E-state index contributed by atoms with van der Waals surface area (Å²) in [5.74, 6) is -1.23. The molecule has 0 aliphatic carbocycles. The Bertz CT molecular complexity index is 918. The fourth-order valence-corrected chi connectivity index (χ4v) is 3.26. The largest absolute Gasteiger partial charge is 0.418 e. The quantitative estimate of drug-likeness (QED) is 0.643. The highest BCUT2D eigenvalue weighted by atomic mass is 32.2. The molecule has 2 N–H and O–H groups in total. The minimum absolute atomic E-state index is 0.0440. The molecule has 2 aromatic carbocycles. The van der Waals surface area contributed by atoms with Crippen LogP contribution in [0.2, 0.25) is 0 Å². The van der Waals surface area contributed by atoms with Gasteiger partial charge in [-0.1, -0.05) is 12.1 Å². The number of thioether (sulfide) groups is 1. The number of hydrogen-bond acceptors (Lipinski definition) is 4. The van der Waals surface area contributed by atoms with Gasteiger partial charge in [-0.25, -0.2) is 0 Å². The van der Waals surface area contributed by atoms with Crippen molar-refractivity contribution in [1.82, 2.24) is 4.90 Å². The number of nitrogens with zero attached hydrogens (tertiary/aromatic N) is 1. The Morgan fingerprint density at radius 2 is 1.63 bits per heavy atom. The zero-order chi connectivity index (χ0) is 22.3. The molecule has 160 valence electrons. The van der Waals surface area contributed by atoms with Crippen molar-refractivity contribution in [3.05, 3.63) is 54.1 Å². The van der Waals surface area contributed by atoms with Gasteiger partial charge >= 0.3 is 6.18 Å². The normalized spacial score (nSPS) is 11.0. The predicted octanol–water partition coefficient (Wildman–Crippen LogP) is 3.85. The second kappa shape index (κ2) is 10.1. The van der Waals surface area contributed by atoms with Gasteiger partial charge in [0.1, 0.15) is 0 Å². The summed E-state index contributed by atoms with van der Waals surface area (Å²) in [5.41, 5.74) is -0.679. The lowest BCUT2D eigenvalue weighted by Crippen LogP contribution is -2.36. The lowest BCUT2D eigenvalue weighted by atomic mass is 10.1. The van der Waals surface area contributed by atoms with Gasteiger partial charge in [-0.05, 0) is 36.4 Å². The molecule has 0 atom stereocenters. The summed E-state index contributed by atoms with van der Waals surface area (Å²) in [7, 11) is 1.40. The highest BCUT2D eigenvalue weighted by Crippen LogP contribution is 2.34. The topological polar surface area (TPSA) is 78.5 Å². The Balaban J connectivity index is 1.87. The molecule has 0 unspecified atom stereocenters. The number of alkyl halides is 3. The fourth-order valence-electron chi connectivity index (χ4n) is 2.43. The Hall–Kier alpha value is -3.01. The smallest absolute Gasteiger partial charge is 0.336 e. The SMILES string of the molecule is CC(=O)Nc1ccc(SCC(=O)N(C)CC(=O)Nc2ccccc2C(F)(F)F)cc1. The van der Waals surface area contributed by atoms with Crippen LogP contribution in [0.25, 0.3) is 0 Å². The van der Waals surface area contributed by atoms with Crippen molar-refractivity contribution in [2.45, 2.75) is 18.0 Å². The van der Waals surface area contributed by atoms with Crippen LogP contribution in [-0.2, 0) is 20.6 Å². The number of amides is 3. The predicted molar refractivity (Wildman–Crippen MR) is 109 cm³/mol. The molecule has 30 heavy (non-hydrogen) atoms. The van der Waals surface area contributed by atoms with Gasteiger partial charge in [0.15, 0.2) is 0 Å². The molecule has 2 aromatic rings. The third-order valence-corrected chi connectivity index (χ3v) is 4.85. The van der Waals surface area contributed by atoms with Crippen LogP contribution in [0.15, 0.2) is 53.4 Å². The molecule has 2 rings (SSSR count). The van der Waals surface area contributed by atoms with Gasteiger partial charge in [-0.15, -0.1) is 11.8 Å². The van der Waals surface area contributed by atoms with E-state index in [-0.39, 0.29) is 29.8 Å². The van der Waals surface area contributed by atoms with E-state index in [1.807, 2.05) is 0 Å². The lowest BCUT2D eigenvalue weighted by Gasteiger charge is -2.18. The van der Waals surface area contributed by atoms with E-state index in [4.69, 9.17) is 0 Å². The first-order valence-electron chi connectivity index (χ1n) is 8.76. The van der Waals surface area contributed by atoms with Crippen LogP contribution in [0.5, 0.6) is 0 Å². The summed E-state index contributed by atoms with van der Waals surface area (Å²) < 4.78 is 39.0. The summed E-state index contributed by atoms with van der Waals surface area (Å²) in [4.78, 5) is 37.3. The molecule has 0 saturated heterocycles. The van der Waals surface area contributed by atoms with E-state index in [2.05, 4.69) is 10.6 Å². The highest BCUT2D eigenvalue weighted by Gasteiger charge is 2.33. The monoisotopic (exact) mass is 439 g/mol. The number of anilines is 2. The summed E-state index contributed by atoms with van der Waals surface area (Å²) in [5, 5.41) is 4.84. The Labute approximate surface area is 175 Å². The van der Waals surface area contributed by atoms with E-state index in [0.717, 1.165) is 21.9 Å². The van der Waals surface area contributed by atoms with Gasteiger partial charge in [-0.3, -0.25) is 14.4 Å². The van der Waals surface area contributed by atoms with Crippen LogP contribution in [0.1, 0.15) is 12.5 Å². The van der Waals surface area contributed by atoms with Crippen LogP contribution in [-0.4, -0.2) is 42.0 Å². The third-order valence-electron chi connectivity index (χ3n) is 3.85. The molecule has 0 bridgehead atoms. The van der Waals surface area contributed by atoms with Crippen molar-refractivity contribution in [2.75, 3.05) is 30.0 Å². The molecule has 0 aromatic heterocycles. The molecule has 0 saturated carbocycles. The van der Waals surface area contributed by atoms with Crippen LogP contribution in [0, 0.1) is 0 Å². The number of hydrogen-bond donors (Lipinski definition) is 2. The van der Waals surface area contributed by atoms with Gasteiger partial charge < -0.3 is 15.5 Å². The number of rotatable bonds is 7. The molecule has 0 radical (unpaired) electrons. The number of likely N-dealkylation sites (N-methyl/N-ethyl adjacent to an activating group) is 1.